The highest BCUT2D eigenvalue weighted by molar-refractivity contribution is 6.99. The molecular formula is C46H29BN2O2. The molecule has 8 aromatic carbocycles. The molecule has 0 saturated heterocycles. The van der Waals surface area contributed by atoms with Gasteiger partial charge in [0.2, 0.25) is 0 Å². The zero-order valence-corrected chi connectivity index (χ0v) is 27.5. The normalized spacial score (nSPS) is 12.8. The molecule has 2 aliphatic heterocycles. The van der Waals surface area contributed by atoms with Gasteiger partial charge in [-0.3, -0.25) is 0 Å². The van der Waals surface area contributed by atoms with Crippen LogP contribution in [0, 0.1) is 0 Å². The summed E-state index contributed by atoms with van der Waals surface area (Å²) in [6, 6.07) is 62.3. The van der Waals surface area contributed by atoms with E-state index < -0.39 is 0 Å². The number of ether oxygens (including phenoxy) is 1. The first-order chi connectivity index (χ1) is 25.3. The van der Waals surface area contributed by atoms with E-state index in [1.807, 2.05) is 0 Å². The van der Waals surface area contributed by atoms with Gasteiger partial charge in [0.25, 0.3) is 6.71 Å². The van der Waals surface area contributed by atoms with Gasteiger partial charge in [-0.2, -0.15) is 0 Å². The minimum Gasteiger partial charge on any atom is -0.454 e. The molecule has 0 amide bonds. The fourth-order valence-electron chi connectivity index (χ4n) is 8.31. The minimum atomic E-state index is 0.00391. The second-order valence-corrected chi connectivity index (χ2v) is 13.3. The topological polar surface area (TPSA) is 28.9 Å². The maximum Gasteiger partial charge on any atom is 0.256 e. The number of anilines is 6. The molecule has 0 spiro atoms. The van der Waals surface area contributed by atoms with Crippen molar-refractivity contribution < 1.29 is 9.15 Å². The third-order valence-corrected chi connectivity index (χ3v) is 10.5. The van der Waals surface area contributed by atoms with Crippen LogP contribution >= 0.6 is 0 Å². The first-order valence-electron chi connectivity index (χ1n) is 17.4. The second kappa shape index (κ2) is 10.9. The van der Waals surface area contributed by atoms with E-state index in [9.17, 15) is 0 Å². The number of para-hydroxylation sites is 3. The third kappa shape index (κ3) is 4.15. The Morgan fingerprint density at radius 3 is 2.14 bits per heavy atom. The van der Waals surface area contributed by atoms with Crippen molar-refractivity contribution in [2.75, 3.05) is 9.80 Å². The zero-order chi connectivity index (χ0) is 33.5. The lowest BCUT2D eigenvalue weighted by Crippen LogP contribution is -2.59. The second-order valence-electron chi connectivity index (χ2n) is 13.3. The largest absolute Gasteiger partial charge is 0.454 e. The van der Waals surface area contributed by atoms with Crippen LogP contribution in [0.15, 0.2) is 180 Å². The summed E-state index contributed by atoms with van der Waals surface area (Å²) in [5.74, 6) is 1.65. The number of benzene rings is 8. The van der Waals surface area contributed by atoms with Crippen molar-refractivity contribution in [2.24, 2.45) is 0 Å². The Kier molecular flexibility index (Phi) is 6.01. The summed E-state index contributed by atoms with van der Waals surface area (Å²) in [5.41, 5.74) is 11.8. The van der Waals surface area contributed by atoms with Crippen molar-refractivity contribution in [1.29, 1.82) is 0 Å². The van der Waals surface area contributed by atoms with Crippen molar-refractivity contribution in [1.82, 2.24) is 0 Å². The van der Waals surface area contributed by atoms with E-state index in [1.54, 1.807) is 0 Å². The summed E-state index contributed by atoms with van der Waals surface area (Å²) >= 11 is 0. The van der Waals surface area contributed by atoms with Crippen LogP contribution < -0.4 is 30.9 Å². The van der Waals surface area contributed by atoms with Crippen LogP contribution in [0.1, 0.15) is 0 Å². The molecule has 51 heavy (non-hydrogen) atoms. The number of rotatable bonds is 4. The van der Waals surface area contributed by atoms with Gasteiger partial charge in [0.1, 0.15) is 11.3 Å². The Balaban J connectivity index is 1.10. The number of nitrogens with zero attached hydrogens (tertiary/aromatic N) is 2. The Bertz CT molecular complexity index is 2810. The lowest BCUT2D eigenvalue weighted by molar-refractivity contribution is 0.481. The average Bonchev–Trinajstić information content (AvgIpc) is 3.57. The smallest absolute Gasteiger partial charge is 0.256 e. The van der Waals surface area contributed by atoms with Gasteiger partial charge in [0, 0.05) is 50.7 Å². The summed E-state index contributed by atoms with van der Waals surface area (Å²) in [5, 5.41) is 4.49. The SMILES string of the molecule is c1ccc(N2c3ccccc3B3c4ccc5c(oc6cc(N(c7ccccc7)c7cccc8ccccc78)ccc65)c4Oc4cccc2c43)cc1. The van der Waals surface area contributed by atoms with E-state index in [1.165, 1.54) is 27.4 Å². The van der Waals surface area contributed by atoms with Crippen molar-refractivity contribution in [2.45, 2.75) is 0 Å². The molecule has 11 rings (SSSR count). The van der Waals surface area contributed by atoms with Crippen LogP contribution in [-0.2, 0) is 0 Å². The lowest BCUT2D eigenvalue weighted by Gasteiger charge is -2.39. The molecule has 0 atom stereocenters. The summed E-state index contributed by atoms with van der Waals surface area (Å²) in [6.45, 7) is 0.00391. The molecule has 4 nitrogen and oxygen atoms in total. The van der Waals surface area contributed by atoms with E-state index >= 15 is 0 Å². The molecule has 0 unspecified atom stereocenters. The van der Waals surface area contributed by atoms with Crippen LogP contribution in [0.25, 0.3) is 32.7 Å². The summed E-state index contributed by atoms with van der Waals surface area (Å²) in [4.78, 5) is 4.67. The Hall–Kier alpha value is -6.72. The molecule has 0 bridgehead atoms. The molecule has 0 radical (unpaired) electrons. The molecule has 0 saturated carbocycles. The Labute approximate surface area is 295 Å². The van der Waals surface area contributed by atoms with Crippen molar-refractivity contribution in [3.05, 3.63) is 176 Å². The molecule has 1 aromatic heterocycles. The number of fused-ring (bicyclic) bond motifs is 9. The number of furan rings is 1. The van der Waals surface area contributed by atoms with Gasteiger partial charge >= 0.3 is 0 Å². The maximum atomic E-state index is 6.90. The van der Waals surface area contributed by atoms with E-state index in [-0.39, 0.29) is 6.71 Å². The first-order valence-corrected chi connectivity index (χ1v) is 17.4. The third-order valence-electron chi connectivity index (χ3n) is 10.5. The lowest BCUT2D eigenvalue weighted by atomic mass is 9.34. The quantitative estimate of drug-likeness (QED) is 0.177. The fourth-order valence-corrected chi connectivity index (χ4v) is 8.31. The van der Waals surface area contributed by atoms with Crippen LogP contribution in [0.2, 0.25) is 0 Å². The highest BCUT2D eigenvalue weighted by Gasteiger charge is 2.42. The molecule has 238 valence electrons. The maximum absolute atomic E-state index is 6.90. The van der Waals surface area contributed by atoms with Crippen molar-refractivity contribution in [3.63, 3.8) is 0 Å². The van der Waals surface area contributed by atoms with Crippen LogP contribution in [0.4, 0.5) is 34.1 Å². The molecule has 0 N–H and O–H groups in total. The molecule has 9 aromatic rings. The summed E-state index contributed by atoms with van der Waals surface area (Å²) < 4.78 is 13.8. The monoisotopic (exact) mass is 652 g/mol. The van der Waals surface area contributed by atoms with Crippen molar-refractivity contribution in [3.8, 4) is 11.5 Å². The van der Waals surface area contributed by atoms with Gasteiger partial charge in [-0.05, 0) is 82.4 Å². The molecular weight excluding hydrogens is 623 g/mol. The minimum absolute atomic E-state index is 0.00391. The number of hydrogen-bond donors (Lipinski definition) is 0. The van der Waals surface area contributed by atoms with E-state index in [0.29, 0.717) is 0 Å². The highest BCUT2D eigenvalue weighted by Crippen LogP contribution is 2.45. The molecule has 2 aliphatic rings. The van der Waals surface area contributed by atoms with E-state index in [2.05, 4.69) is 186 Å². The van der Waals surface area contributed by atoms with Gasteiger partial charge < -0.3 is 19.0 Å². The number of hydrogen-bond acceptors (Lipinski definition) is 4. The molecule has 3 heterocycles. The predicted molar refractivity (Wildman–Crippen MR) is 212 cm³/mol. The first kappa shape index (κ1) is 28.2. The zero-order valence-electron chi connectivity index (χ0n) is 27.5. The highest BCUT2D eigenvalue weighted by atomic mass is 16.5. The summed E-state index contributed by atoms with van der Waals surface area (Å²) in [6.07, 6.45) is 0. The van der Waals surface area contributed by atoms with Gasteiger partial charge in [0.05, 0.1) is 5.69 Å². The van der Waals surface area contributed by atoms with Gasteiger partial charge in [-0.25, -0.2) is 0 Å². The van der Waals surface area contributed by atoms with Crippen LogP contribution in [0.3, 0.4) is 0 Å². The summed E-state index contributed by atoms with van der Waals surface area (Å²) in [7, 11) is 0. The molecule has 0 aliphatic carbocycles. The van der Waals surface area contributed by atoms with Crippen LogP contribution in [0.5, 0.6) is 11.5 Å². The van der Waals surface area contributed by atoms with Crippen LogP contribution in [-0.4, -0.2) is 6.71 Å². The average molecular weight is 653 g/mol. The van der Waals surface area contributed by atoms with E-state index in [4.69, 9.17) is 9.15 Å². The standard InChI is InChI=1S/C46H29BN2O2/c1-3-15-31(16-4-1)48(39-22-11-14-30-13-7-8-19-34(30)39)33-25-26-35-36-27-28-38-46(45(36)51-43(35)29-33)50-42-24-12-23-41-44(42)47(38)37-20-9-10-21-40(37)49(41)32-17-5-2-6-18-32/h1-29H. The Morgan fingerprint density at radius 2 is 1.24 bits per heavy atom. The van der Waals surface area contributed by atoms with E-state index in [0.717, 1.165) is 67.3 Å². The van der Waals surface area contributed by atoms with Crippen molar-refractivity contribution >= 4 is 89.9 Å². The molecule has 5 heteroatoms. The van der Waals surface area contributed by atoms with Gasteiger partial charge in [-0.1, -0.05) is 109 Å². The molecule has 0 fully saturated rings. The Morgan fingerprint density at radius 1 is 0.510 bits per heavy atom. The fraction of sp³-hybridized carbons (Fsp3) is 0. The van der Waals surface area contributed by atoms with Gasteiger partial charge in [-0.15, -0.1) is 0 Å². The van der Waals surface area contributed by atoms with Gasteiger partial charge in [0.15, 0.2) is 11.3 Å². The predicted octanol–water partition coefficient (Wildman–Crippen LogP) is 10.6.